The van der Waals surface area contributed by atoms with Crippen molar-refractivity contribution in [2.24, 2.45) is 5.73 Å². The van der Waals surface area contributed by atoms with Gasteiger partial charge >= 0.3 is 82.6 Å². The Morgan fingerprint density at radius 3 is 1.02 bits per heavy atom. The zero-order chi connectivity index (χ0) is 46.0. The van der Waals surface area contributed by atoms with E-state index in [1.807, 2.05) is 9.47 Å². The van der Waals surface area contributed by atoms with Gasteiger partial charge in [0.05, 0.1) is 0 Å². The highest BCUT2D eigenvalue weighted by molar-refractivity contribution is 6.60. The lowest BCUT2D eigenvalue weighted by Gasteiger charge is -2.30. The number of hydrogen-bond donors (Lipinski definition) is 3. The van der Waals surface area contributed by atoms with Crippen molar-refractivity contribution in [3.63, 3.8) is 0 Å². The van der Waals surface area contributed by atoms with E-state index >= 15 is 0 Å². The van der Waals surface area contributed by atoms with Gasteiger partial charge in [-0.05, 0) is 6.42 Å². The second-order valence-corrected chi connectivity index (χ2v) is 12.3. The molecular weight excluding hydrogens is 904 g/mol. The summed E-state index contributed by atoms with van der Waals surface area (Å²) in [6, 6.07) is -0.0665. The number of nitrogens with two attached hydrogens (primary N) is 1. The molecule has 0 aliphatic carbocycles. The molecule has 0 aliphatic heterocycles. The van der Waals surface area contributed by atoms with E-state index in [-0.39, 0.29) is 12.5 Å². The van der Waals surface area contributed by atoms with Crippen LogP contribution in [0.1, 0.15) is 6.42 Å². The molecule has 37 heteroatoms. The summed E-state index contributed by atoms with van der Waals surface area (Å²) in [7, 11) is 0.394. The van der Waals surface area contributed by atoms with Crippen LogP contribution < -0.4 is 16.4 Å². The van der Waals surface area contributed by atoms with Crippen molar-refractivity contribution in [2.45, 2.75) is 74.4 Å². The highest BCUT2D eigenvalue weighted by Gasteiger charge is 2.71. The summed E-state index contributed by atoms with van der Waals surface area (Å²) in [6.45, 7) is -1.84. The Morgan fingerprint density at radius 1 is 0.474 bits per heavy atom. The maximum absolute atomic E-state index is 13.4. The molecule has 0 heterocycles. The van der Waals surface area contributed by atoms with Crippen LogP contribution in [-0.2, 0) is 51.3 Å². The number of rotatable bonds is 23. The average Bonchev–Trinajstić information content (AvgIpc) is 2.95. The number of hydrogen-bond acceptors (Lipinski definition) is 12. The van der Waals surface area contributed by atoms with Crippen LogP contribution >= 0.6 is 0 Å². The van der Waals surface area contributed by atoms with Crippen LogP contribution in [0.5, 0.6) is 0 Å². The normalized spacial score (nSPS) is 14.6. The molecule has 342 valence electrons. The molecule has 0 aromatic heterocycles. The fourth-order valence-electron chi connectivity index (χ4n) is 2.71. The quantitative estimate of drug-likeness (QED) is 0.0530. The number of alkyl halides is 22. The third kappa shape index (κ3) is 19.7. The van der Waals surface area contributed by atoms with Crippen LogP contribution in [0.25, 0.3) is 0 Å². The molecule has 0 unspecified atom stereocenters. The minimum Gasteiger partial charge on any atom is -0.377 e. The number of carbonyl (C=O) groups excluding carboxylic acids is 2. The minimum absolute atomic E-state index is 0.0665. The number of nitrogens with one attached hydrogen (secondary N) is 2. The molecule has 0 rings (SSSR count). The van der Waals surface area contributed by atoms with Gasteiger partial charge in [0.15, 0.2) is 0 Å². The molecule has 0 saturated carbocycles. The van der Waals surface area contributed by atoms with Gasteiger partial charge in [0.1, 0.15) is 0 Å². The lowest BCUT2D eigenvalue weighted by molar-refractivity contribution is -0.568. The Hall–Kier alpha value is -2.78. The number of amides is 2. The van der Waals surface area contributed by atoms with Gasteiger partial charge in [-0.25, -0.2) is 28.4 Å². The summed E-state index contributed by atoms with van der Waals surface area (Å²) in [4.78, 5) is 22.0. The molecule has 0 bridgehead atoms. The SMILES string of the molecule is CO[Si](CCCNC(=O)C(F)(F)OC(F)(F)OC(F)(F)C(F)(F)OC(F)(F)F)(OC)OC.NCCNC(=O)C(F)(F)OC(F)(F)OC(F)(F)C(F)(F)OC(F)(F)F. The van der Waals surface area contributed by atoms with Gasteiger partial charge < -0.3 is 29.6 Å². The van der Waals surface area contributed by atoms with E-state index in [2.05, 4.69) is 9.47 Å². The lowest BCUT2D eigenvalue weighted by atomic mass is 10.4. The number of halogens is 22. The van der Waals surface area contributed by atoms with Gasteiger partial charge in [0, 0.05) is 47.0 Å². The maximum Gasteiger partial charge on any atom is 0.527 e. The molecule has 0 saturated heterocycles. The Kier molecular flexibility index (Phi) is 19.7. The van der Waals surface area contributed by atoms with E-state index in [9.17, 15) is 106 Å². The van der Waals surface area contributed by atoms with Gasteiger partial charge in [-0.2, -0.15) is 52.7 Å². The predicted molar refractivity (Wildman–Crippen MR) is 129 cm³/mol. The van der Waals surface area contributed by atoms with Gasteiger partial charge in [-0.15, -0.1) is 43.9 Å². The van der Waals surface area contributed by atoms with Crippen LogP contribution in [0.15, 0.2) is 0 Å². The summed E-state index contributed by atoms with van der Waals surface area (Å²) in [6.07, 6.45) is -64.2. The number of ether oxygens (including phenoxy) is 6. The van der Waals surface area contributed by atoms with Crippen molar-refractivity contribution in [1.29, 1.82) is 0 Å². The Labute approximate surface area is 301 Å². The molecule has 0 aliphatic rings. The molecular formula is C20H23F22N3O11Si. The first-order chi connectivity index (χ1) is 25.0. The van der Waals surface area contributed by atoms with Crippen molar-refractivity contribution in [1.82, 2.24) is 10.6 Å². The first-order valence-electron chi connectivity index (χ1n) is 13.3. The lowest BCUT2D eigenvalue weighted by Crippen LogP contribution is -2.54. The second kappa shape index (κ2) is 20.0. The van der Waals surface area contributed by atoms with Gasteiger partial charge in [0.25, 0.3) is 0 Å². The van der Waals surface area contributed by atoms with E-state index < -0.39 is 102 Å². The molecule has 4 N–H and O–H groups in total. The molecule has 0 aromatic carbocycles. The van der Waals surface area contributed by atoms with Gasteiger partial charge in [-0.1, -0.05) is 0 Å². The molecule has 0 atom stereocenters. The van der Waals surface area contributed by atoms with Crippen molar-refractivity contribution in [2.75, 3.05) is 41.0 Å². The van der Waals surface area contributed by atoms with Crippen LogP contribution in [-0.4, -0.2) is 124 Å². The highest BCUT2D eigenvalue weighted by Crippen LogP contribution is 2.46. The highest BCUT2D eigenvalue weighted by atomic mass is 28.4. The Bertz CT molecular complexity index is 1260. The van der Waals surface area contributed by atoms with E-state index in [0.717, 1.165) is 0 Å². The smallest absolute Gasteiger partial charge is 0.377 e. The minimum atomic E-state index is -6.83. The summed E-state index contributed by atoms with van der Waals surface area (Å²) in [5.74, 6) is -5.30. The first kappa shape index (κ1) is 56.3. The standard InChI is InChI=1S/C12H16F11NO7Si.C8H7F11N2O4/c1-26-32(27-2,28-3)6-4-5-24-7(25)8(13,14)29-12(22,23)31-10(17,18)9(15,16)30-11(19,20)21;9-4(10,3(22)21-2-1-20)23-8(18,19)25-6(13,14)5(11,12)24-7(15,16)17/h4-6H2,1-3H3,(H,24,25);1-2,20H2,(H,21,22). The van der Waals surface area contributed by atoms with Crippen LogP contribution in [0.3, 0.4) is 0 Å². The number of carbonyl (C=O) groups is 2. The fourth-order valence-corrected chi connectivity index (χ4v) is 4.44. The molecule has 57 heavy (non-hydrogen) atoms. The summed E-state index contributed by atoms with van der Waals surface area (Å²) >= 11 is 0. The second-order valence-electron chi connectivity index (χ2n) is 9.23. The van der Waals surface area contributed by atoms with Crippen molar-refractivity contribution >= 4 is 20.6 Å². The van der Waals surface area contributed by atoms with Crippen LogP contribution in [0.4, 0.5) is 96.6 Å². The van der Waals surface area contributed by atoms with Crippen molar-refractivity contribution in [3.8, 4) is 0 Å². The molecule has 14 nitrogen and oxygen atoms in total. The fraction of sp³-hybridized carbons (Fsp3) is 0.900. The maximum atomic E-state index is 13.4. The molecule has 0 fully saturated rings. The topological polar surface area (TPSA) is 167 Å². The van der Waals surface area contributed by atoms with Gasteiger partial charge in [-0.3, -0.25) is 9.59 Å². The zero-order valence-corrected chi connectivity index (χ0v) is 28.4. The average molecular weight is 927 g/mol. The van der Waals surface area contributed by atoms with Crippen LogP contribution in [0.2, 0.25) is 6.04 Å². The monoisotopic (exact) mass is 927 g/mol. The van der Waals surface area contributed by atoms with Crippen LogP contribution in [0, 0.1) is 0 Å². The molecule has 0 spiro atoms. The molecule has 0 radical (unpaired) electrons. The van der Waals surface area contributed by atoms with Gasteiger partial charge in [0.2, 0.25) is 0 Å². The largest absolute Gasteiger partial charge is 0.527 e. The zero-order valence-electron chi connectivity index (χ0n) is 27.4. The third-order valence-corrected chi connectivity index (χ3v) is 7.82. The summed E-state index contributed by atoms with van der Waals surface area (Å²) in [5, 5.41) is 2.54. The Morgan fingerprint density at radius 2 is 0.754 bits per heavy atom. The molecule has 0 aromatic rings. The molecule has 2 amide bonds. The van der Waals surface area contributed by atoms with E-state index in [1.165, 1.54) is 32.0 Å². The third-order valence-electron chi connectivity index (χ3n) is 4.99. The predicted octanol–water partition coefficient (Wildman–Crippen LogP) is 5.23. The van der Waals surface area contributed by atoms with E-state index in [4.69, 9.17) is 19.0 Å². The first-order valence-corrected chi connectivity index (χ1v) is 15.3. The Balaban J connectivity index is 0. The summed E-state index contributed by atoms with van der Waals surface area (Å²) < 4.78 is 302. The van der Waals surface area contributed by atoms with Crippen molar-refractivity contribution in [3.05, 3.63) is 0 Å². The van der Waals surface area contributed by atoms with Crippen molar-refractivity contribution < 1.29 is 148 Å². The van der Waals surface area contributed by atoms with E-state index in [0.29, 0.717) is 0 Å². The summed E-state index contributed by atoms with van der Waals surface area (Å²) in [5.41, 5.74) is 4.77. The van der Waals surface area contributed by atoms with E-state index in [1.54, 1.807) is 9.47 Å².